The van der Waals surface area contributed by atoms with Crippen molar-refractivity contribution in [3.05, 3.63) is 45.9 Å². The van der Waals surface area contributed by atoms with E-state index in [-0.39, 0.29) is 12.5 Å². The molecule has 3 N–H and O–H groups in total. The van der Waals surface area contributed by atoms with Crippen LogP contribution in [-0.2, 0) is 6.54 Å². The van der Waals surface area contributed by atoms with Crippen LogP contribution < -0.4 is 15.8 Å². The summed E-state index contributed by atoms with van der Waals surface area (Å²) >= 11 is 1.50. The van der Waals surface area contributed by atoms with Gasteiger partial charge in [0.15, 0.2) is 0 Å². The lowest BCUT2D eigenvalue weighted by atomic mass is 10.1. The molecule has 0 aliphatic carbocycles. The lowest BCUT2D eigenvalue weighted by Crippen LogP contribution is -2.22. The van der Waals surface area contributed by atoms with Crippen LogP contribution in [-0.4, -0.2) is 24.5 Å². The SMILES string of the molecule is COc1ccc(C(=O)NCc2cncs2)cc1C#CCN. The van der Waals surface area contributed by atoms with Gasteiger partial charge in [-0.15, -0.1) is 11.3 Å². The fourth-order valence-electron chi connectivity index (χ4n) is 1.69. The minimum absolute atomic E-state index is 0.165. The first-order valence-electron chi connectivity index (χ1n) is 6.27. The molecule has 1 amide bonds. The first-order chi connectivity index (χ1) is 10.2. The van der Waals surface area contributed by atoms with Gasteiger partial charge in [-0.1, -0.05) is 11.8 Å². The molecule has 1 aromatic heterocycles. The van der Waals surface area contributed by atoms with E-state index in [1.165, 1.54) is 11.3 Å². The molecule has 0 fully saturated rings. The first kappa shape index (κ1) is 15.0. The average molecular weight is 301 g/mol. The van der Waals surface area contributed by atoms with Crippen molar-refractivity contribution in [3.8, 4) is 17.6 Å². The quantitative estimate of drug-likeness (QED) is 0.837. The molecule has 5 nitrogen and oxygen atoms in total. The van der Waals surface area contributed by atoms with E-state index in [4.69, 9.17) is 10.5 Å². The van der Waals surface area contributed by atoms with Crippen molar-refractivity contribution in [3.63, 3.8) is 0 Å². The van der Waals surface area contributed by atoms with Crippen molar-refractivity contribution in [2.24, 2.45) is 5.73 Å². The van der Waals surface area contributed by atoms with Crippen molar-refractivity contribution < 1.29 is 9.53 Å². The van der Waals surface area contributed by atoms with E-state index in [9.17, 15) is 4.79 Å². The van der Waals surface area contributed by atoms with Gasteiger partial charge in [0.05, 0.1) is 31.3 Å². The maximum Gasteiger partial charge on any atom is 0.251 e. The zero-order chi connectivity index (χ0) is 15.1. The molecule has 0 spiro atoms. The summed E-state index contributed by atoms with van der Waals surface area (Å²) in [7, 11) is 1.56. The third-order valence-corrected chi connectivity index (χ3v) is 3.47. The number of benzene rings is 1. The molecule has 0 saturated heterocycles. The standard InChI is InChI=1S/C15H15N3O2S/c1-20-14-5-4-12(7-11(14)3-2-6-16)15(19)18-9-13-8-17-10-21-13/h4-5,7-8,10H,6,9,16H2,1H3,(H,18,19). The normalized spacial score (nSPS) is 9.62. The van der Waals surface area contributed by atoms with Crippen LogP contribution in [0.15, 0.2) is 29.9 Å². The molecule has 2 rings (SSSR count). The van der Waals surface area contributed by atoms with Crippen LogP contribution in [0.25, 0.3) is 0 Å². The van der Waals surface area contributed by atoms with Crippen molar-refractivity contribution in [1.29, 1.82) is 0 Å². The summed E-state index contributed by atoms with van der Waals surface area (Å²) in [5.74, 6) is 6.12. The summed E-state index contributed by atoms with van der Waals surface area (Å²) in [6.45, 7) is 0.713. The minimum Gasteiger partial charge on any atom is -0.495 e. The molecule has 0 aliphatic heterocycles. The molecular weight excluding hydrogens is 286 g/mol. The minimum atomic E-state index is -0.165. The molecule has 1 aromatic carbocycles. The van der Waals surface area contributed by atoms with Gasteiger partial charge in [-0.25, -0.2) is 0 Å². The second-order valence-corrected chi connectivity index (χ2v) is 5.04. The Bertz CT molecular complexity index is 672. The van der Waals surface area contributed by atoms with Gasteiger partial charge < -0.3 is 15.8 Å². The summed E-state index contributed by atoms with van der Waals surface area (Å²) in [5, 5.41) is 2.84. The predicted molar refractivity (Wildman–Crippen MR) is 82.2 cm³/mol. The van der Waals surface area contributed by atoms with Gasteiger partial charge in [0.25, 0.3) is 5.91 Å². The fraction of sp³-hybridized carbons (Fsp3) is 0.200. The number of rotatable bonds is 4. The Kier molecular flexibility index (Phi) is 5.32. The molecule has 2 aromatic rings. The number of aromatic nitrogens is 1. The van der Waals surface area contributed by atoms with E-state index in [0.29, 0.717) is 23.4 Å². The highest BCUT2D eigenvalue weighted by atomic mass is 32.1. The van der Waals surface area contributed by atoms with Crippen LogP contribution in [0.3, 0.4) is 0 Å². The van der Waals surface area contributed by atoms with E-state index in [2.05, 4.69) is 22.1 Å². The second-order valence-electron chi connectivity index (χ2n) is 4.07. The van der Waals surface area contributed by atoms with Crippen LogP contribution in [0.5, 0.6) is 5.75 Å². The summed E-state index contributed by atoms with van der Waals surface area (Å²) in [6.07, 6.45) is 1.73. The summed E-state index contributed by atoms with van der Waals surface area (Å²) in [4.78, 5) is 17.1. The van der Waals surface area contributed by atoms with Gasteiger partial charge in [-0.2, -0.15) is 0 Å². The van der Waals surface area contributed by atoms with Crippen LogP contribution in [0, 0.1) is 11.8 Å². The van der Waals surface area contributed by atoms with Gasteiger partial charge in [0, 0.05) is 16.6 Å². The maximum absolute atomic E-state index is 12.1. The van der Waals surface area contributed by atoms with E-state index in [0.717, 1.165) is 4.88 Å². The highest BCUT2D eigenvalue weighted by Crippen LogP contribution is 2.19. The number of carbonyl (C=O) groups is 1. The number of ether oxygens (including phenoxy) is 1. The predicted octanol–water partition coefficient (Wildman–Crippen LogP) is 1.39. The Hall–Kier alpha value is -2.36. The molecule has 1 heterocycles. The number of carbonyl (C=O) groups excluding carboxylic acids is 1. The van der Waals surface area contributed by atoms with Crippen molar-refractivity contribution >= 4 is 17.2 Å². The van der Waals surface area contributed by atoms with Crippen LogP contribution in [0.2, 0.25) is 0 Å². The Morgan fingerprint density at radius 1 is 1.52 bits per heavy atom. The topological polar surface area (TPSA) is 77.2 Å². The Balaban J connectivity index is 2.13. The maximum atomic E-state index is 12.1. The van der Waals surface area contributed by atoms with E-state index >= 15 is 0 Å². The molecule has 6 heteroatoms. The number of hydrogen-bond acceptors (Lipinski definition) is 5. The van der Waals surface area contributed by atoms with Crippen molar-refractivity contribution in [1.82, 2.24) is 10.3 Å². The second kappa shape index (κ2) is 7.43. The Labute approximate surface area is 127 Å². The highest BCUT2D eigenvalue weighted by molar-refractivity contribution is 7.09. The molecule has 0 aliphatic rings. The highest BCUT2D eigenvalue weighted by Gasteiger charge is 2.09. The summed E-state index contributed by atoms with van der Waals surface area (Å²) < 4.78 is 5.21. The smallest absolute Gasteiger partial charge is 0.251 e. The molecular formula is C15H15N3O2S. The van der Waals surface area contributed by atoms with Crippen LogP contribution >= 0.6 is 11.3 Å². The lowest BCUT2D eigenvalue weighted by Gasteiger charge is -2.07. The fourth-order valence-corrected chi connectivity index (χ4v) is 2.23. The third kappa shape index (κ3) is 4.05. The summed E-state index contributed by atoms with van der Waals surface area (Å²) in [5.41, 5.74) is 8.28. The number of thiazole rings is 1. The van der Waals surface area contributed by atoms with E-state index < -0.39 is 0 Å². The average Bonchev–Trinajstić information content (AvgIpc) is 3.03. The Morgan fingerprint density at radius 3 is 3.05 bits per heavy atom. The molecule has 0 unspecified atom stereocenters. The molecule has 0 atom stereocenters. The van der Waals surface area contributed by atoms with Crippen molar-refractivity contribution in [2.45, 2.75) is 6.54 Å². The molecule has 21 heavy (non-hydrogen) atoms. The molecule has 0 saturated carbocycles. The third-order valence-electron chi connectivity index (χ3n) is 2.69. The number of nitrogens with two attached hydrogens (primary N) is 1. The zero-order valence-corrected chi connectivity index (χ0v) is 12.4. The number of nitrogens with one attached hydrogen (secondary N) is 1. The van der Waals surface area contributed by atoms with Gasteiger partial charge in [-0.05, 0) is 18.2 Å². The number of amides is 1. The molecule has 108 valence electrons. The zero-order valence-electron chi connectivity index (χ0n) is 11.6. The van der Waals surface area contributed by atoms with E-state index in [1.54, 1.807) is 37.0 Å². The van der Waals surface area contributed by atoms with E-state index in [1.807, 2.05) is 0 Å². The largest absolute Gasteiger partial charge is 0.495 e. The summed E-state index contributed by atoms with van der Waals surface area (Å²) in [6, 6.07) is 5.13. The first-order valence-corrected chi connectivity index (χ1v) is 7.15. The molecule has 0 radical (unpaired) electrons. The van der Waals surface area contributed by atoms with Gasteiger partial charge >= 0.3 is 0 Å². The monoisotopic (exact) mass is 301 g/mol. The van der Waals surface area contributed by atoms with Gasteiger partial charge in [0.1, 0.15) is 5.75 Å². The van der Waals surface area contributed by atoms with Crippen LogP contribution in [0.4, 0.5) is 0 Å². The molecule has 0 bridgehead atoms. The van der Waals surface area contributed by atoms with Crippen LogP contribution in [0.1, 0.15) is 20.8 Å². The lowest BCUT2D eigenvalue weighted by molar-refractivity contribution is 0.0951. The number of methoxy groups -OCH3 is 1. The van der Waals surface area contributed by atoms with Gasteiger partial charge in [-0.3, -0.25) is 9.78 Å². The van der Waals surface area contributed by atoms with Gasteiger partial charge in [0.2, 0.25) is 0 Å². The Morgan fingerprint density at radius 2 is 2.38 bits per heavy atom. The number of nitrogens with zero attached hydrogens (tertiary/aromatic N) is 1. The number of hydrogen-bond donors (Lipinski definition) is 2. The van der Waals surface area contributed by atoms with Crippen molar-refractivity contribution in [2.75, 3.05) is 13.7 Å².